The average Bonchev–Trinajstić information content (AvgIpc) is 2.73. The number of nitrogens with one attached hydrogen (secondary N) is 1. The monoisotopic (exact) mass is 285 g/mol. The summed E-state index contributed by atoms with van der Waals surface area (Å²) in [5, 5.41) is 11.0. The van der Waals surface area contributed by atoms with Crippen molar-refractivity contribution >= 4 is 11.9 Å². The van der Waals surface area contributed by atoms with Gasteiger partial charge in [-0.05, 0) is 12.8 Å². The van der Waals surface area contributed by atoms with Gasteiger partial charge in [-0.3, -0.25) is 4.79 Å². The van der Waals surface area contributed by atoms with E-state index in [1.54, 1.807) is 0 Å². The Balaban J connectivity index is 2.12. The number of carbonyl (C=O) groups excluding carboxylic acids is 1. The zero-order chi connectivity index (χ0) is 14.5. The van der Waals surface area contributed by atoms with Gasteiger partial charge in [-0.1, -0.05) is 0 Å². The van der Waals surface area contributed by atoms with Crippen LogP contribution in [-0.2, 0) is 19.1 Å². The highest BCUT2D eigenvalue weighted by molar-refractivity contribution is 5.77. The van der Waals surface area contributed by atoms with Crippen LogP contribution in [0.15, 0.2) is 0 Å². The Morgan fingerprint density at radius 3 is 2.58 bits per heavy atom. The maximum atomic E-state index is 11.7. The highest BCUT2D eigenvalue weighted by Gasteiger charge is 2.31. The lowest BCUT2D eigenvalue weighted by Gasteiger charge is -2.12. The molecular weight excluding hydrogens is 271 g/mol. The molecule has 2 N–H and O–H groups in total. The summed E-state index contributed by atoms with van der Waals surface area (Å²) in [7, 11) is 0. The minimum Gasteiger partial charge on any atom is -0.479 e. The number of rotatable bonds is 6. The molecule has 1 heterocycles. The molecule has 1 aliphatic heterocycles. The third kappa shape index (κ3) is 6.39. The first-order valence-corrected chi connectivity index (χ1v) is 5.57. The smallest absolute Gasteiger partial charge is 0.411 e. The number of hydrogen-bond acceptors (Lipinski definition) is 4. The van der Waals surface area contributed by atoms with Crippen LogP contribution < -0.4 is 5.32 Å². The van der Waals surface area contributed by atoms with Gasteiger partial charge in [-0.2, -0.15) is 13.2 Å². The molecule has 2 atom stereocenters. The van der Waals surface area contributed by atoms with Crippen LogP contribution in [0.4, 0.5) is 13.2 Å². The Morgan fingerprint density at radius 2 is 2.05 bits per heavy atom. The molecule has 1 aliphatic rings. The zero-order valence-corrected chi connectivity index (χ0v) is 9.90. The zero-order valence-electron chi connectivity index (χ0n) is 9.90. The molecule has 1 amide bonds. The van der Waals surface area contributed by atoms with E-state index in [1.807, 2.05) is 0 Å². The van der Waals surface area contributed by atoms with Crippen LogP contribution in [0, 0.1) is 0 Å². The number of ether oxygens (including phenoxy) is 2. The third-order valence-electron chi connectivity index (χ3n) is 2.41. The molecule has 19 heavy (non-hydrogen) atoms. The molecule has 0 aliphatic carbocycles. The maximum Gasteiger partial charge on any atom is 0.411 e. The molecule has 2 unspecified atom stereocenters. The Kier molecular flexibility index (Phi) is 5.55. The minimum absolute atomic E-state index is 0.0536. The predicted molar refractivity (Wildman–Crippen MR) is 55.4 cm³/mol. The summed E-state index contributed by atoms with van der Waals surface area (Å²) in [6, 6.07) is 0. The number of halogens is 3. The number of carboxylic acids is 1. The lowest BCUT2D eigenvalue weighted by Crippen LogP contribution is -2.36. The molecule has 0 radical (unpaired) electrons. The Morgan fingerprint density at radius 1 is 1.37 bits per heavy atom. The van der Waals surface area contributed by atoms with Crippen molar-refractivity contribution in [2.45, 2.75) is 31.2 Å². The maximum absolute atomic E-state index is 11.7. The van der Waals surface area contributed by atoms with Crippen molar-refractivity contribution in [2.75, 3.05) is 19.8 Å². The molecule has 0 aromatic rings. The van der Waals surface area contributed by atoms with Crippen LogP contribution in [0.3, 0.4) is 0 Å². The highest BCUT2D eigenvalue weighted by Crippen LogP contribution is 2.19. The van der Waals surface area contributed by atoms with Crippen LogP contribution in [0.25, 0.3) is 0 Å². The molecule has 0 saturated carbocycles. The van der Waals surface area contributed by atoms with Crippen molar-refractivity contribution in [3.8, 4) is 0 Å². The number of carbonyl (C=O) groups is 2. The van der Waals surface area contributed by atoms with Crippen molar-refractivity contribution in [2.24, 2.45) is 0 Å². The lowest BCUT2D eigenvalue weighted by atomic mass is 10.2. The molecule has 0 aromatic heterocycles. The van der Waals surface area contributed by atoms with E-state index in [4.69, 9.17) is 9.84 Å². The lowest BCUT2D eigenvalue weighted by molar-refractivity contribution is -0.175. The second kappa shape index (κ2) is 6.71. The summed E-state index contributed by atoms with van der Waals surface area (Å²) in [4.78, 5) is 21.7. The predicted octanol–water partition coefficient (Wildman–Crippen LogP) is 0.314. The normalized spacial score (nSPS) is 23.3. The van der Waals surface area contributed by atoms with E-state index >= 15 is 0 Å². The number of aliphatic carboxylic acids is 1. The molecule has 1 fully saturated rings. The van der Waals surface area contributed by atoms with Crippen LogP contribution >= 0.6 is 0 Å². The van der Waals surface area contributed by atoms with Crippen molar-refractivity contribution in [3.63, 3.8) is 0 Å². The topological polar surface area (TPSA) is 84.9 Å². The van der Waals surface area contributed by atoms with Crippen molar-refractivity contribution in [1.82, 2.24) is 5.32 Å². The van der Waals surface area contributed by atoms with E-state index in [1.165, 1.54) is 0 Å². The second-order valence-corrected chi connectivity index (χ2v) is 4.07. The van der Waals surface area contributed by atoms with Gasteiger partial charge >= 0.3 is 12.1 Å². The minimum atomic E-state index is -4.47. The van der Waals surface area contributed by atoms with Crippen LogP contribution in [0.2, 0.25) is 0 Å². The SMILES string of the molecule is O=C(COCC(F)(F)F)NCC1CCC(C(=O)O)O1. The highest BCUT2D eigenvalue weighted by atomic mass is 19.4. The molecule has 0 bridgehead atoms. The fourth-order valence-electron chi connectivity index (χ4n) is 1.58. The fourth-order valence-corrected chi connectivity index (χ4v) is 1.58. The quantitative estimate of drug-likeness (QED) is 0.734. The fraction of sp³-hybridized carbons (Fsp3) is 0.800. The molecule has 9 heteroatoms. The molecule has 110 valence electrons. The van der Waals surface area contributed by atoms with E-state index in [-0.39, 0.29) is 6.54 Å². The average molecular weight is 285 g/mol. The summed E-state index contributed by atoms with van der Waals surface area (Å²) in [6.07, 6.45) is -4.97. The third-order valence-corrected chi connectivity index (χ3v) is 2.41. The van der Waals surface area contributed by atoms with E-state index < -0.39 is 43.5 Å². The molecule has 1 saturated heterocycles. The Labute approximate surface area is 106 Å². The van der Waals surface area contributed by atoms with Gasteiger partial charge in [0, 0.05) is 6.54 Å². The van der Waals surface area contributed by atoms with Gasteiger partial charge < -0.3 is 19.9 Å². The van der Waals surface area contributed by atoms with Gasteiger partial charge in [0.25, 0.3) is 0 Å². The van der Waals surface area contributed by atoms with Gasteiger partial charge in [0.15, 0.2) is 6.10 Å². The Bertz CT molecular complexity index is 334. The van der Waals surface area contributed by atoms with Crippen molar-refractivity contribution < 1.29 is 37.3 Å². The van der Waals surface area contributed by atoms with Gasteiger partial charge in [-0.15, -0.1) is 0 Å². The van der Waals surface area contributed by atoms with E-state index in [2.05, 4.69) is 10.1 Å². The van der Waals surface area contributed by atoms with Crippen molar-refractivity contribution in [3.05, 3.63) is 0 Å². The first kappa shape index (κ1) is 15.7. The number of hydrogen-bond donors (Lipinski definition) is 2. The first-order valence-electron chi connectivity index (χ1n) is 5.57. The summed E-state index contributed by atoms with van der Waals surface area (Å²) in [5.74, 6) is -1.77. The van der Waals surface area contributed by atoms with E-state index in [0.717, 1.165) is 0 Å². The van der Waals surface area contributed by atoms with Gasteiger partial charge in [0.1, 0.15) is 13.2 Å². The van der Waals surface area contributed by atoms with Gasteiger partial charge in [-0.25, -0.2) is 4.79 Å². The van der Waals surface area contributed by atoms with Crippen molar-refractivity contribution in [1.29, 1.82) is 0 Å². The standard InChI is InChI=1S/C10H14F3NO5/c11-10(12,13)5-18-4-8(15)14-3-6-1-2-7(19-6)9(16)17/h6-7H,1-5H2,(H,14,15)(H,16,17). The number of carboxylic acid groups (broad SMARTS) is 1. The largest absolute Gasteiger partial charge is 0.479 e. The molecule has 1 rings (SSSR count). The number of amides is 1. The molecular formula is C10H14F3NO5. The van der Waals surface area contributed by atoms with E-state index in [0.29, 0.717) is 12.8 Å². The summed E-state index contributed by atoms with van der Waals surface area (Å²) >= 11 is 0. The first-order chi connectivity index (χ1) is 8.78. The van der Waals surface area contributed by atoms with E-state index in [9.17, 15) is 22.8 Å². The second-order valence-electron chi connectivity index (χ2n) is 4.07. The van der Waals surface area contributed by atoms with Crippen LogP contribution in [0.1, 0.15) is 12.8 Å². The molecule has 6 nitrogen and oxygen atoms in total. The Hall–Kier alpha value is -1.35. The van der Waals surface area contributed by atoms with Crippen LogP contribution in [-0.4, -0.2) is 55.1 Å². The molecule has 0 spiro atoms. The van der Waals surface area contributed by atoms with Gasteiger partial charge in [0.05, 0.1) is 6.10 Å². The summed E-state index contributed by atoms with van der Waals surface area (Å²) in [5.41, 5.74) is 0. The number of alkyl halides is 3. The van der Waals surface area contributed by atoms with Crippen LogP contribution in [0.5, 0.6) is 0 Å². The summed E-state index contributed by atoms with van der Waals surface area (Å²) in [6.45, 7) is -2.13. The summed E-state index contributed by atoms with van der Waals surface area (Å²) < 4.78 is 44.4. The molecule has 0 aromatic carbocycles. The van der Waals surface area contributed by atoms with Gasteiger partial charge in [0.2, 0.25) is 5.91 Å².